The third-order valence-electron chi connectivity index (χ3n) is 7.02. The van der Waals surface area contributed by atoms with Gasteiger partial charge in [-0.3, -0.25) is 9.59 Å². The second-order valence-corrected chi connectivity index (χ2v) is 10.1. The van der Waals surface area contributed by atoms with Crippen LogP contribution < -0.4 is 0 Å². The van der Waals surface area contributed by atoms with E-state index in [0.29, 0.717) is 43.7 Å². The van der Waals surface area contributed by atoms with Gasteiger partial charge in [-0.25, -0.2) is 0 Å². The van der Waals surface area contributed by atoms with Gasteiger partial charge in [0.15, 0.2) is 0 Å². The zero-order valence-corrected chi connectivity index (χ0v) is 23.2. The number of aromatic nitrogens is 1. The first-order valence-corrected chi connectivity index (χ1v) is 13.5. The molecule has 4 rings (SSSR count). The molecule has 6 nitrogen and oxygen atoms in total. The van der Waals surface area contributed by atoms with Gasteiger partial charge in [0.25, 0.3) is 5.91 Å². The SMILES string of the molecule is COCCCN(CC(=O)N(CCc1c[nH]c2ccccc12)Cc1ccc(C(F)(F)F)cc1)C(=O)c1ccc(C)cc1. The molecule has 1 N–H and O–H groups in total. The van der Waals surface area contributed by atoms with Gasteiger partial charge in [-0.15, -0.1) is 0 Å². The summed E-state index contributed by atoms with van der Waals surface area (Å²) in [6.07, 6.45) is -1.45. The molecule has 0 saturated heterocycles. The lowest BCUT2D eigenvalue weighted by atomic mass is 10.1. The summed E-state index contributed by atoms with van der Waals surface area (Å²) in [6, 6.07) is 19.9. The molecule has 0 saturated carbocycles. The summed E-state index contributed by atoms with van der Waals surface area (Å²) in [5.74, 6) is -0.553. The van der Waals surface area contributed by atoms with Crippen LogP contribution in [0.3, 0.4) is 0 Å². The highest BCUT2D eigenvalue weighted by molar-refractivity contribution is 5.96. The van der Waals surface area contributed by atoms with Crippen LogP contribution in [0.4, 0.5) is 13.2 Å². The molecule has 41 heavy (non-hydrogen) atoms. The molecule has 3 aromatic carbocycles. The Labute approximate surface area is 237 Å². The van der Waals surface area contributed by atoms with Crippen molar-refractivity contribution in [1.29, 1.82) is 0 Å². The minimum atomic E-state index is -4.44. The standard InChI is InChI=1S/C32H34F3N3O3/c1-23-8-12-25(13-9-23)31(40)38(17-5-19-41-2)22-30(39)37(21-24-10-14-27(15-11-24)32(33,34)35)18-16-26-20-36-29-7-4-3-6-28(26)29/h3-4,6-15,20,36H,5,16-19,21-22H2,1-2H3. The number of alkyl halides is 3. The van der Waals surface area contributed by atoms with Crippen LogP contribution in [-0.4, -0.2) is 59.9 Å². The van der Waals surface area contributed by atoms with Gasteiger partial charge in [-0.05, 0) is 61.2 Å². The number of ether oxygens (including phenoxy) is 1. The Hall–Kier alpha value is -4.11. The fourth-order valence-electron chi connectivity index (χ4n) is 4.70. The maximum atomic E-state index is 13.7. The van der Waals surface area contributed by atoms with Crippen molar-refractivity contribution in [2.45, 2.75) is 32.5 Å². The number of nitrogens with one attached hydrogen (secondary N) is 1. The van der Waals surface area contributed by atoms with Gasteiger partial charge in [-0.1, -0.05) is 48.0 Å². The van der Waals surface area contributed by atoms with Crippen LogP contribution in [0.1, 0.15) is 39.0 Å². The van der Waals surface area contributed by atoms with E-state index in [1.165, 1.54) is 17.0 Å². The minimum Gasteiger partial charge on any atom is -0.385 e. The summed E-state index contributed by atoms with van der Waals surface area (Å²) in [5.41, 5.74) is 3.33. The second kappa shape index (κ2) is 13.5. The highest BCUT2D eigenvalue weighted by Crippen LogP contribution is 2.29. The molecule has 0 aliphatic rings. The second-order valence-electron chi connectivity index (χ2n) is 10.1. The smallest absolute Gasteiger partial charge is 0.385 e. The summed E-state index contributed by atoms with van der Waals surface area (Å²) >= 11 is 0. The Kier molecular flexibility index (Phi) is 9.83. The number of fused-ring (bicyclic) bond motifs is 1. The van der Waals surface area contributed by atoms with Crippen molar-refractivity contribution in [2.75, 3.05) is 33.4 Å². The van der Waals surface area contributed by atoms with E-state index in [0.717, 1.165) is 34.2 Å². The minimum absolute atomic E-state index is 0.115. The molecule has 0 radical (unpaired) electrons. The predicted octanol–water partition coefficient (Wildman–Crippen LogP) is 6.25. The Bertz CT molecular complexity index is 1450. The van der Waals surface area contributed by atoms with Crippen molar-refractivity contribution in [1.82, 2.24) is 14.8 Å². The lowest BCUT2D eigenvalue weighted by molar-refractivity contribution is -0.137. The molecule has 0 aliphatic carbocycles. The average molecular weight is 566 g/mol. The first-order chi connectivity index (χ1) is 19.7. The first kappa shape index (κ1) is 29.9. The van der Waals surface area contributed by atoms with Crippen LogP contribution in [0.25, 0.3) is 10.9 Å². The number of carbonyl (C=O) groups is 2. The van der Waals surface area contributed by atoms with E-state index in [-0.39, 0.29) is 24.9 Å². The van der Waals surface area contributed by atoms with E-state index in [2.05, 4.69) is 4.98 Å². The highest BCUT2D eigenvalue weighted by Gasteiger charge is 2.30. The van der Waals surface area contributed by atoms with E-state index in [9.17, 15) is 22.8 Å². The molecule has 4 aromatic rings. The van der Waals surface area contributed by atoms with Gasteiger partial charge < -0.3 is 19.5 Å². The van der Waals surface area contributed by atoms with E-state index < -0.39 is 11.7 Å². The summed E-state index contributed by atoms with van der Waals surface area (Å²) in [5, 5.41) is 1.05. The number of halogens is 3. The average Bonchev–Trinajstić information content (AvgIpc) is 3.37. The molecule has 0 aliphatic heterocycles. The van der Waals surface area contributed by atoms with Crippen LogP contribution in [0.2, 0.25) is 0 Å². The number of hydrogen-bond donors (Lipinski definition) is 1. The lowest BCUT2D eigenvalue weighted by Crippen LogP contribution is -2.44. The summed E-state index contributed by atoms with van der Waals surface area (Å²) in [6.45, 7) is 2.97. The van der Waals surface area contributed by atoms with Crippen LogP contribution in [0, 0.1) is 6.92 Å². The molecular formula is C32H34F3N3O3. The number of H-pyrrole nitrogens is 1. The number of nitrogens with zero attached hydrogens (tertiary/aromatic N) is 2. The Balaban J connectivity index is 1.56. The monoisotopic (exact) mass is 565 g/mol. The molecule has 216 valence electrons. The van der Waals surface area contributed by atoms with Crippen molar-refractivity contribution in [3.05, 3.63) is 107 Å². The molecule has 1 aromatic heterocycles. The van der Waals surface area contributed by atoms with E-state index in [1.807, 2.05) is 49.5 Å². The fourth-order valence-corrected chi connectivity index (χ4v) is 4.70. The van der Waals surface area contributed by atoms with Crippen LogP contribution in [0.15, 0.2) is 79.0 Å². The van der Waals surface area contributed by atoms with Crippen molar-refractivity contribution in [2.24, 2.45) is 0 Å². The molecule has 0 unspecified atom stereocenters. The number of hydrogen-bond acceptors (Lipinski definition) is 3. The predicted molar refractivity (Wildman–Crippen MR) is 152 cm³/mol. The number of para-hydroxylation sites is 1. The number of methoxy groups -OCH3 is 1. The largest absolute Gasteiger partial charge is 0.416 e. The molecule has 2 amide bonds. The zero-order chi connectivity index (χ0) is 29.4. The topological polar surface area (TPSA) is 65.6 Å². The van der Waals surface area contributed by atoms with Crippen LogP contribution >= 0.6 is 0 Å². The third kappa shape index (κ3) is 7.98. The maximum Gasteiger partial charge on any atom is 0.416 e. The molecule has 0 atom stereocenters. The molecule has 9 heteroatoms. The number of aromatic amines is 1. The Morgan fingerprint density at radius 2 is 1.61 bits per heavy atom. The van der Waals surface area contributed by atoms with E-state index in [4.69, 9.17) is 4.74 Å². The lowest BCUT2D eigenvalue weighted by Gasteiger charge is -2.28. The highest BCUT2D eigenvalue weighted by atomic mass is 19.4. The fraction of sp³-hybridized carbons (Fsp3) is 0.312. The molecule has 0 fully saturated rings. The normalized spacial score (nSPS) is 11.5. The van der Waals surface area contributed by atoms with Gasteiger partial charge in [-0.2, -0.15) is 13.2 Å². The zero-order valence-electron chi connectivity index (χ0n) is 23.2. The third-order valence-corrected chi connectivity index (χ3v) is 7.02. The molecular weight excluding hydrogens is 531 g/mol. The van der Waals surface area contributed by atoms with E-state index in [1.54, 1.807) is 24.1 Å². The van der Waals surface area contributed by atoms with Gasteiger partial charge in [0, 0.05) is 56.0 Å². The van der Waals surface area contributed by atoms with Crippen LogP contribution in [0.5, 0.6) is 0 Å². The van der Waals surface area contributed by atoms with E-state index >= 15 is 0 Å². The number of carbonyl (C=O) groups excluding carboxylic acids is 2. The van der Waals surface area contributed by atoms with Gasteiger partial charge in [0.1, 0.15) is 6.54 Å². The summed E-state index contributed by atoms with van der Waals surface area (Å²) in [4.78, 5) is 33.5. The van der Waals surface area contributed by atoms with Gasteiger partial charge >= 0.3 is 6.18 Å². The summed E-state index contributed by atoms with van der Waals surface area (Å²) < 4.78 is 44.5. The van der Waals surface area contributed by atoms with Crippen molar-refractivity contribution in [3.63, 3.8) is 0 Å². The first-order valence-electron chi connectivity index (χ1n) is 13.5. The summed E-state index contributed by atoms with van der Waals surface area (Å²) in [7, 11) is 1.58. The molecule has 0 spiro atoms. The maximum absolute atomic E-state index is 13.7. The Morgan fingerprint density at radius 1 is 0.902 bits per heavy atom. The van der Waals surface area contributed by atoms with Crippen molar-refractivity contribution < 1.29 is 27.5 Å². The number of aryl methyl sites for hydroxylation is 1. The molecule has 1 heterocycles. The Morgan fingerprint density at radius 3 is 2.29 bits per heavy atom. The van der Waals surface area contributed by atoms with Gasteiger partial charge in [0.2, 0.25) is 5.91 Å². The van der Waals surface area contributed by atoms with Crippen molar-refractivity contribution in [3.8, 4) is 0 Å². The van der Waals surface area contributed by atoms with Crippen molar-refractivity contribution >= 4 is 22.7 Å². The number of benzene rings is 3. The number of amides is 2. The molecule has 0 bridgehead atoms. The quantitative estimate of drug-likeness (QED) is 0.207. The van der Waals surface area contributed by atoms with Crippen LogP contribution in [-0.2, 0) is 28.7 Å². The number of rotatable bonds is 12. The van der Waals surface area contributed by atoms with Gasteiger partial charge in [0.05, 0.1) is 5.56 Å².